The fourth-order valence-electron chi connectivity index (χ4n) is 2.45. The van der Waals surface area contributed by atoms with Gasteiger partial charge in [0.2, 0.25) is 5.95 Å². The maximum Gasteiger partial charge on any atom is 0.201 e. The lowest BCUT2D eigenvalue weighted by Gasteiger charge is -2.11. The number of ether oxygens (including phenoxy) is 1. The molecule has 2 N–H and O–H groups in total. The minimum atomic E-state index is 0.378. The molecule has 1 aromatic carbocycles. The topological polar surface area (TPSA) is 83.0 Å². The summed E-state index contributed by atoms with van der Waals surface area (Å²) in [6.07, 6.45) is 0.791. The van der Waals surface area contributed by atoms with E-state index < -0.39 is 0 Å². The van der Waals surface area contributed by atoms with E-state index in [0.29, 0.717) is 29.3 Å². The van der Waals surface area contributed by atoms with E-state index >= 15 is 0 Å². The molecule has 3 rings (SSSR count). The van der Waals surface area contributed by atoms with E-state index in [0.717, 1.165) is 23.2 Å². The van der Waals surface area contributed by atoms with Crippen molar-refractivity contribution in [2.24, 2.45) is 0 Å². The van der Waals surface area contributed by atoms with E-state index in [-0.39, 0.29) is 0 Å². The summed E-state index contributed by atoms with van der Waals surface area (Å²) in [5, 5.41) is 0. The van der Waals surface area contributed by atoms with Crippen LogP contribution in [0.25, 0.3) is 11.0 Å². The number of pyridine rings is 1. The van der Waals surface area contributed by atoms with Crippen molar-refractivity contribution in [2.45, 2.75) is 13.5 Å². The quantitative estimate of drug-likeness (QED) is 0.746. The molecule has 112 valence electrons. The second kappa shape index (κ2) is 5.48. The molecule has 0 aliphatic heterocycles. The lowest BCUT2D eigenvalue weighted by atomic mass is 10.2. The summed E-state index contributed by atoms with van der Waals surface area (Å²) in [7, 11) is 1.61. The lowest BCUT2D eigenvalue weighted by molar-refractivity contribution is 0.112. The second-order valence-corrected chi connectivity index (χ2v) is 5.02. The van der Waals surface area contributed by atoms with Gasteiger partial charge in [0, 0.05) is 11.3 Å². The van der Waals surface area contributed by atoms with E-state index in [4.69, 9.17) is 10.5 Å². The number of hydrogen-bond acceptors (Lipinski definition) is 5. The molecule has 0 aliphatic rings. The maximum absolute atomic E-state index is 10.9. The Kier molecular flexibility index (Phi) is 3.50. The zero-order valence-electron chi connectivity index (χ0n) is 12.4. The molecule has 0 amide bonds. The van der Waals surface area contributed by atoms with Crippen molar-refractivity contribution in [3.63, 3.8) is 0 Å². The van der Waals surface area contributed by atoms with Crippen molar-refractivity contribution in [2.75, 3.05) is 12.8 Å². The molecule has 0 saturated carbocycles. The highest BCUT2D eigenvalue weighted by Gasteiger charge is 2.13. The number of aryl methyl sites for hydroxylation is 1. The van der Waals surface area contributed by atoms with Gasteiger partial charge in [0.25, 0.3) is 0 Å². The highest BCUT2D eigenvalue weighted by Crippen LogP contribution is 2.23. The summed E-state index contributed by atoms with van der Waals surface area (Å²) in [5.41, 5.74) is 9.82. The van der Waals surface area contributed by atoms with E-state index in [1.165, 1.54) is 0 Å². The van der Waals surface area contributed by atoms with Crippen LogP contribution in [0.2, 0.25) is 0 Å². The summed E-state index contributed by atoms with van der Waals surface area (Å²) >= 11 is 0. The Labute approximate surface area is 127 Å². The number of anilines is 1. The molecule has 0 saturated heterocycles. The second-order valence-electron chi connectivity index (χ2n) is 5.02. The maximum atomic E-state index is 10.9. The van der Waals surface area contributed by atoms with Crippen LogP contribution in [0, 0.1) is 6.92 Å². The van der Waals surface area contributed by atoms with Crippen LogP contribution in [0.5, 0.6) is 5.75 Å². The van der Waals surface area contributed by atoms with Crippen LogP contribution >= 0.6 is 0 Å². The first-order valence-electron chi connectivity index (χ1n) is 6.84. The largest absolute Gasteiger partial charge is 0.495 e. The van der Waals surface area contributed by atoms with Gasteiger partial charge in [-0.05, 0) is 37.3 Å². The highest BCUT2D eigenvalue weighted by atomic mass is 16.5. The molecule has 0 atom stereocenters. The fourth-order valence-corrected chi connectivity index (χ4v) is 2.45. The molecule has 0 bridgehead atoms. The number of nitrogens with zero attached hydrogens (tertiary/aromatic N) is 3. The third kappa shape index (κ3) is 2.39. The van der Waals surface area contributed by atoms with Crippen LogP contribution in [0.3, 0.4) is 0 Å². The molecule has 6 heteroatoms. The average Bonchev–Trinajstić information content (AvgIpc) is 2.82. The van der Waals surface area contributed by atoms with Crippen LogP contribution < -0.4 is 10.5 Å². The predicted molar refractivity (Wildman–Crippen MR) is 84.2 cm³/mol. The van der Waals surface area contributed by atoms with Crippen LogP contribution in [0.15, 0.2) is 30.3 Å². The Bertz CT molecular complexity index is 855. The van der Waals surface area contributed by atoms with E-state index in [1.54, 1.807) is 19.2 Å². The van der Waals surface area contributed by atoms with Gasteiger partial charge in [0.1, 0.15) is 17.7 Å². The van der Waals surface area contributed by atoms with Gasteiger partial charge in [-0.3, -0.25) is 9.78 Å². The molecule has 0 spiro atoms. The third-order valence-corrected chi connectivity index (χ3v) is 3.54. The van der Waals surface area contributed by atoms with Crippen LogP contribution in [0.4, 0.5) is 5.95 Å². The standard InChI is InChI=1S/C16H16N4O2/c1-10-3-6-15(22-2)13(18-10)8-20-14-5-4-11(9-21)7-12(14)19-16(20)17/h3-7,9H,8H2,1-2H3,(H2,17,19). The Morgan fingerprint density at radius 2 is 2.09 bits per heavy atom. The zero-order chi connectivity index (χ0) is 15.7. The van der Waals surface area contributed by atoms with Crippen molar-refractivity contribution in [3.8, 4) is 5.75 Å². The predicted octanol–water partition coefficient (Wildman–Crippen LogP) is 2.19. The first-order valence-corrected chi connectivity index (χ1v) is 6.84. The molecular formula is C16H16N4O2. The number of benzene rings is 1. The summed E-state index contributed by atoms with van der Waals surface area (Å²) in [5.74, 6) is 1.08. The summed E-state index contributed by atoms with van der Waals surface area (Å²) in [4.78, 5) is 19.7. The smallest absolute Gasteiger partial charge is 0.201 e. The van der Waals surface area contributed by atoms with Crippen LogP contribution in [0.1, 0.15) is 21.7 Å². The number of methoxy groups -OCH3 is 1. The molecule has 2 heterocycles. The van der Waals surface area contributed by atoms with Gasteiger partial charge in [-0.2, -0.15) is 0 Å². The Morgan fingerprint density at radius 3 is 2.82 bits per heavy atom. The number of imidazole rings is 1. The minimum Gasteiger partial charge on any atom is -0.495 e. The molecule has 3 aromatic rings. The van der Waals surface area contributed by atoms with Gasteiger partial charge >= 0.3 is 0 Å². The number of aromatic nitrogens is 3. The van der Waals surface area contributed by atoms with Crippen molar-refractivity contribution in [3.05, 3.63) is 47.3 Å². The summed E-state index contributed by atoms with van der Waals surface area (Å²) in [6, 6.07) is 9.08. The number of nitrogens with two attached hydrogens (primary N) is 1. The van der Waals surface area contributed by atoms with E-state index in [9.17, 15) is 4.79 Å². The third-order valence-electron chi connectivity index (χ3n) is 3.54. The molecule has 6 nitrogen and oxygen atoms in total. The number of nitrogen functional groups attached to an aromatic ring is 1. The molecular weight excluding hydrogens is 280 g/mol. The van der Waals surface area contributed by atoms with Crippen molar-refractivity contribution < 1.29 is 9.53 Å². The monoisotopic (exact) mass is 296 g/mol. The lowest BCUT2D eigenvalue weighted by Crippen LogP contribution is -2.08. The van der Waals surface area contributed by atoms with E-state index in [2.05, 4.69) is 9.97 Å². The summed E-state index contributed by atoms with van der Waals surface area (Å²) < 4.78 is 7.21. The number of fused-ring (bicyclic) bond motifs is 1. The van der Waals surface area contributed by atoms with Gasteiger partial charge in [0.05, 0.1) is 24.7 Å². The van der Waals surface area contributed by atoms with Gasteiger partial charge in [-0.15, -0.1) is 0 Å². The normalized spacial score (nSPS) is 10.8. The number of aldehydes is 1. The molecule has 2 aromatic heterocycles. The van der Waals surface area contributed by atoms with Gasteiger partial charge in [-0.1, -0.05) is 0 Å². The SMILES string of the molecule is COc1ccc(C)nc1Cn1c(N)nc2cc(C=O)ccc21. The van der Waals surface area contributed by atoms with Crippen molar-refractivity contribution >= 4 is 23.3 Å². The summed E-state index contributed by atoms with van der Waals surface area (Å²) in [6.45, 7) is 2.38. The average molecular weight is 296 g/mol. The number of carbonyl (C=O) groups excluding carboxylic acids is 1. The highest BCUT2D eigenvalue weighted by molar-refractivity contribution is 5.86. The first kappa shape index (κ1) is 14.1. The van der Waals surface area contributed by atoms with Gasteiger partial charge in [0.15, 0.2) is 0 Å². The zero-order valence-corrected chi connectivity index (χ0v) is 12.4. The number of hydrogen-bond donors (Lipinski definition) is 1. The van der Waals surface area contributed by atoms with Crippen LogP contribution in [-0.2, 0) is 6.54 Å². The van der Waals surface area contributed by atoms with Gasteiger partial charge in [-0.25, -0.2) is 4.98 Å². The molecule has 0 aliphatic carbocycles. The van der Waals surface area contributed by atoms with Gasteiger partial charge < -0.3 is 15.0 Å². The molecule has 22 heavy (non-hydrogen) atoms. The number of rotatable bonds is 4. The fraction of sp³-hybridized carbons (Fsp3) is 0.188. The van der Waals surface area contributed by atoms with Crippen LogP contribution in [-0.4, -0.2) is 27.9 Å². The van der Waals surface area contributed by atoms with E-state index in [1.807, 2.05) is 29.7 Å². The Morgan fingerprint density at radius 1 is 1.27 bits per heavy atom. The number of carbonyl (C=O) groups is 1. The first-order chi connectivity index (χ1) is 10.6. The van der Waals surface area contributed by atoms with Crippen molar-refractivity contribution in [1.82, 2.24) is 14.5 Å². The molecule has 0 unspecified atom stereocenters. The van der Waals surface area contributed by atoms with Crippen molar-refractivity contribution in [1.29, 1.82) is 0 Å². The molecule has 0 radical (unpaired) electrons. The molecule has 0 fully saturated rings. The Balaban J connectivity index is 2.09. The minimum absolute atomic E-state index is 0.378. The Hall–Kier alpha value is -2.89.